The first kappa shape index (κ1) is 13.9. The van der Waals surface area contributed by atoms with Crippen molar-refractivity contribution in [2.24, 2.45) is 0 Å². The van der Waals surface area contributed by atoms with Crippen LogP contribution in [0.2, 0.25) is 19.1 Å². The van der Waals surface area contributed by atoms with Gasteiger partial charge in [0, 0.05) is 13.0 Å². The molecule has 0 saturated carbocycles. The van der Waals surface area contributed by atoms with E-state index in [-0.39, 0.29) is 5.97 Å². The summed E-state index contributed by atoms with van der Waals surface area (Å²) in [4.78, 5) is 21.5. The van der Waals surface area contributed by atoms with Crippen LogP contribution in [0.4, 0.5) is 0 Å². The summed E-state index contributed by atoms with van der Waals surface area (Å²) < 4.78 is 10.0. The molecule has 0 fully saturated rings. The summed E-state index contributed by atoms with van der Waals surface area (Å²) in [6, 6.07) is 0.789. The second-order valence-electron chi connectivity index (χ2n) is 3.83. The van der Waals surface area contributed by atoms with Crippen molar-refractivity contribution in [3.8, 4) is 0 Å². The lowest BCUT2D eigenvalue weighted by molar-refractivity contribution is -0.138. The van der Waals surface area contributed by atoms with Crippen LogP contribution in [-0.2, 0) is 18.8 Å². The molecule has 0 bridgehead atoms. The SMILES string of the molecule is C=CC(=O)OCCC[Si](C)(C)OC(C)=O. The largest absolute Gasteiger partial charge is 0.520 e. The molecule has 0 saturated heterocycles. The van der Waals surface area contributed by atoms with Gasteiger partial charge in [0.1, 0.15) is 0 Å². The summed E-state index contributed by atoms with van der Waals surface area (Å²) in [7, 11) is -1.92. The van der Waals surface area contributed by atoms with Gasteiger partial charge in [-0.15, -0.1) is 0 Å². The Morgan fingerprint density at radius 3 is 2.47 bits per heavy atom. The van der Waals surface area contributed by atoms with Crippen molar-refractivity contribution in [1.29, 1.82) is 0 Å². The van der Waals surface area contributed by atoms with Crippen LogP contribution in [0.3, 0.4) is 0 Å². The predicted octanol–water partition coefficient (Wildman–Crippen LogP) is 1.87. The second kappa shape index (κ2) is 6.39. The number of carbonyl (C=O) groups is 2. The standard InChI is InChI=1S/C10H18O4Si/c1-5-10(12)13-7-6-8-15(3,4)14-9(2)11/h5H,1,6-8H2,2-4H3. The zero-order chi connectivity index (χ0) is 11.9. The molecule has 0 rings (SSSR count). The molecule has 4 nitrogen and oxygen atoms in total. The summed E-state index contributed by atoms with van der Waals surface area (Å²) >= 11 is 0. The molecule has 0 aromatic carbocycles. The van der Waals surface area contributed by atoms with E-state index < -0.39 is 14.3 Å². The lowest BCUT2D eigenvalue weighted by Gasteiger charge is -2.21. The van der Waals surface area contributed by atoms with Gasteiger partial charge in [0.05, 0.1) is 6.61 Å². The highest BCUT2D eigenvalue weighted by atomic mass is 28.4. The Hall–Kier alpha value is -1.10. The Bertz CT molecular complexity index is 248. The van der Waals surface area contributed by atoms with Crippen molar-refractivity contribution in [2.45, 2.75) is 32.5 Å². The Kier molecular flexibility index (Phi) is 5.92. The lowest BCUT2D eigenvalue weighted by atomic mass is 10.5. The van der Waals surface area contributed by atoms with Crippen LogP contribution < -0.4 is 0 Å². The summed E-state index contributed by atoms with van der Waals surface area (Å²) in [5.41, 5.74) is 0. The lowest BCUT2D eigenvalue weighted by Crippen LogP contribution is -2.32. The maximum Gasteiger partial charge on any atom is 0.330 e. The van der Waals surface area contributed by atoms with E-state index in [2.05, 4.69) is 6.58 Å². The van der Waals surface area contributed by atoms with Gasteiger partial charge in [-0.1, -0.05) is 6.58 Å². The Morgan fingerprint density at radius 2 is 2.00 bits per heavy atom. The number of rotatable bonds is 6. The quantitative estimate of drug-likeness (QED) is 0.302. The molecule has 0 aliphatic carbocycles. The molecule has 0 aromatic heterocycles. The van der Waals surface area contributed by atoms with Crippen molar-refractivity contribution in [1.82, 2.24) is 0 Å². The molecule has 86 valence electrons. The fourth-order valence-electron chi connectivity index (χ4n) is 1.17. The molecule has 0 spiro atoms. The van der Waals surface area contributed by atoms with Gasteiger partial charge in [0.25, 0.3) is 5.97 Å². The monoisotopic (exact) mass is 230 g/mol. The molecular formula is C10H18O4Si. The van der Waals surface area contributed by atoms with Crippen LogP contribution >= 0.6 is 0 Å². The molecule has 0 radical (unpaired) electrons. The topological polar surface area (TPSA) is 52.6 Å². The highest BCUT2D eigenvalue weighted by Gasteiger charge is 2.24. The molecule has 15 heavy (non-hydrogen) atoms. The van der Waals surface area contributed by atoms with E-state index in [0.717, 1.165) is 12.1 Å². The van der Waals surface area contributed by atoms with Crippen molar-refractivity contribution in [3.63, 3.8) is 0 Å². The van der Waals surface area contributed by atoms with E-state index in [1.54, 1.807) is 0 Å². The fourth-order valence-corrected chi connectivity index (χ4v) is 3.05. The minimum Gasteiger partial charge on any atom is -0.520 e. The van der Waals surface area contributed by atoms with Crippen LogP contribution in [0.1, 0.15) is 13.3 Å². The summed E-state index contributed by atoms with van der Waals surface area (Å²) in [5.74, 6) is -0.656. The van der Waals surface area contributed by atoms with Crippen LogP contribution in [0.15, 0.2) is 12.7 Å². The van der Waals surface area contributed by atoms with E-state index >= 15 is 0 Å². The highest BCUT2D eigenvalue weighted by molar-refractivity contribution is 6.72. The number of carbonyl (C=O) groups excluding carboxylic acids is 2. The van der Waals surface area contributed by atoms with Crippen LogP contribution in [0.5, 0.6) is 0 Å². The Balaban J connectivity index is 3.70. The summed E-state index contributed by atoms with van der Waals surface area (Å²) in [6.45, 7) is 8.98. The minimum atomic E-state index is -1.92. The van der Waals surface area contributed by atoms with Gasteiger partial charge in [-0.25, -0.2) is 4.79 Å². The highest BCUT2D eigenvalue weighted by Crippen LogP contribution is 2.13. The van der Waals surface area contributed by atoms with Crippen LogP contribution in [0.25, 0.3) is 0 Å². The predicted molar refractivity (Wildman–Crippen MR) is 59.8 cm³/mol. The minimum absolute atomic E-state index is 0.241. The van der Waals surface area contributed by atoms with Gasteiger partial charge in [0.15, 0.2) is 0 Å². The molecule has 0 atom stereocenters. The normalized spacial score (nSPS) is 10.6. The molecule has 0 aromatic rings. The van der Waals surface area contributed by atoms with E-state index in [1.165, 1.54) is 6.92 Å². The second-order valence-corrected chi connectivity index (χ2v) is 8.05. The molecule has 0 amide bonds. The van der Waals surface area contributed by atoms with Gasteiger partial charge in [-0.2, -0.15) is 0 Å². The third-order valence-electron chi connectivity index (χ3n) is 1.75. The molecule has 0 heterocycles. The molecule has 0 unspecified atom stereocenters. The first-order valence-electron chi connectivity index (χ1n) is 4.86. The number of hydrogen-bond acceptors (Lipinski definition) is 4. The smallest absolute Gasteiger partial charge is 0.330 e. The first-order valence-corrected chi connectivity index (χ1v) is 7.98. The average Bonchev–Trinajstić information content (AvgIpc) is 2.10. The molecule has 5 heteroatoms. The maximum absolute atomic E-state index is 10.8. The Labute approximate surface area is 91.4 Å². The zero-order valence-corrected chi connectivity index (χ0v) is 10.5. The molecule has 0 aliphatic rings. The number of ether oxygens (including phenoxy) is 1. The van der Waals surface area contributed by atoms with E-state index in [4.69, 9.17) is 9.16 Å². The van der Waals surface area contributed by atoms with Crippen molar-refractivity contribution in [2.75, 3.05) is 6.61 Å². The molecule has 0 N–H and O–H groups in total. The van der Waals surface area contributed by atoms with Gasteiger partial charge < -0.3 is 9.16 Å². The van der Waals surface area contributed by atoms with Gasteiger partial charge >= 0.3 is 5.97 Å². The fraction of sp³-hybridized carbons (Fsp3) is 0.600. The molecule has 0 aliphatic heterocycles. The van der Waals surface area contributed by atoms with Gasteiger partial charge in [-0.3, -0.25) is 4.79 Å². The van der Waals surface area contributed by atoms with Crippen LogP contribution in [0, 0.1) is 0 Å². The maximum atomic E-state index is 10.8. The van der Waals surface area contributed by atoms with E-state index in [9.17, 15) is 9.59 Å². The summed E-state index contributed by atoms with van der Waals surface area (Å²) in [5, 5.41) is 0. The van der Waals surface area contributed by atoms with Crippen molar-refractivity contribution in [3.05, 3.63) is 12.7 Å². The van der Waals surface area contributed by atoms with Crippen molar-refractivity contribution >= 4 is 20.3 Å². The number of hydrogen-bond donors (Lipinski definition) is 0. The Morgan fingerprint density at radius 1 is 1.40 bits per heavy atom. The summed E-state index contributed by atoms with van der Waals surface area (Å²) in [6.07, 6.45) is 1.85. The van der Waals surface area contributed by atoms with Gasteiger partial charge in [-0.05, 0) is 25.6 Å². The van der Waals surface area contributed by atoms with E-state index in [1.807, 2.05) is 13.1 Å². The van der Waals surface area contributed by atoms with E-state index in [0.29, 0.717) is 13.0 Å². The average molecular weight is 230 g/mol. The first-order chi connectivity index (χ1) is 6.87. The van der Waals surface area contributed by atoms with Crippen molar-refractivity contribution < 1.29 is 18.8 Å². The third kappa shape index (κ3) is 7.93. The van der Waals surface area contributed by atoms with Gasteiger partial charge in [0.2, 0.25) is 8.32 Å². The zero-order valence-electron chi connectivity index (χ0n) is 9.54. The third-order valence-corrected chi connectivity index (χ3v) is 4.15. The number of esters is 1. The molecular weight excluding hydrogens is 212 g/mol. The van der Waals surface area contributed by atoms with Crippen LogP contribution in [-0.4, -0.2) is 26.9 Å².